The minimum absolute atomic E-state index is 0.304. The average Bonchev–Trinajstić information content (AvgIpc) is 2.86. The highest BCUT2D eigenvalue weighted by molar-refractivity contribution is 7.14. The van der Waals surface area contributed by atoms with E-state index in [-0.39, 0.29) is 0 Å². The van der Waals surface area contributed by atoms with Crippen LogP contribution in [0.3, 0.4) is 0 Å². The summed E-state index contributed by atoms with van der Waals surface area (Å²) in [6.07, 6.45) is 0.891. The highest BCUT2D eigenvalue weighted by Gasteiger charge is 2.10. The van der Waals surface area contributed by atoms with E-state index in [2.05, 4.69) is 29.4 Å². The van der Waals surface area contributed by atoms with Crippen molar-refractivity contribution in [2.75, 3.05) is 13.1 Å². The maximum atomic E-state index is 9.74. The Hall–Kier alpha value is -1.46. The van der Waals surface area contributed by atoms with Crippen LogP contribution in [0.1, 0.15) is 24.4 Å². The molecule has 0 saturated heterocycles. The lowest BCUT2D eigenvalue weighted by molar-refractivity contribution is 0.471. The number of nitrogens with zero attached hydrogens (tertiary/aromatic N) is 2. The van der Waals surface area contributed by atoms with Gasteiger partial charge < -0.3 is 10.4 Å². The number of aromatic nitrogens is 2. The molecule has 4 nitrogen and oxygen atoms in total. The molecule has 0 bridgehead atoms. The van der Waals surface area contributed by atoms with Crippen LogP contribution in [-0.4, -0.2) is 28.4 Å². The van der Waals surface area contributed by atoms with Crippen molar-refractivity contribution in [2.24, 2.45) is 5.92 Å². The van der Waals surface area contributed by atoms with Gasteiger partial charge in [-0.1, -0.05) is 37.3 Å². The van der Waals surface area contributed by atoms with E-state index in [1.165, 1.54) is 0 Å². The van der Waals surface area contributed by atoms with Gasteiger partial charge in [-0.15, -0.1) is 10.2 Å². The van der Waals surface area contributed by atoms with E-state index in [9.17, 15) is 5.11 Å². The van der Waals surface area contributed by atoms with Gasteiger partial charge in [0.15, 0.2) is 0 Å². The molecule has 0 aliphatic carbocycles. The largest absolute Gasteiger partial charge is 0.508 e. The minimum Gasteiger partial charge on any atom is -0.508 e. The van der Waals surface area contributed by atoms with Gasteiger partial charge in [0.1, 0.15) is 15.8 Å². The molecule has 108 valence electrons. The fraction of sp³-hybridized carbons (Fsp3) is 0.467. The first-order chi connectivity index (χ1) is 9.58. The maximum Gasteiger partial charge on any atom is 0.148 e. The number of aromatic hydroxyl groups is 1. The Balaban J connectivity index is 2.00. The summed E-state index contributed by atoms with van der Waals surface area (Å²) < 4.78 is 0. The zero-order chi connectivity index (χ0) is 14.5. The predicted molar refractivity (Wildman–Crippen MR) is 83.2 cm³/mol. The number of phenols is 1. The number of nitrogens with one attached hydrogen (secondary N) is 1. The summed E-state index contributed by atoms with van der Waals surface area (Å²) in [5.74, 6) is 0.966. The van der Waals surface area contributed by atoms with Crippen molar-refractivity contribution in [3.8, 4) is 16.3 Å². The summed E-state index contributed by atoms with van der Waals surface area (Å²) >= 11 is 1.59. The molecule has 0 radical (unpaired) electrons. The van der Waals surface area contributed by atoms with E-state index in [4.69, 9.17) is 0 Å². The van der Waals surface area contributed by atoms with E-state index in [1.807, 2.05) is 19.1 Å². The lowest BCUT2D eigenvalue weighted by Gasteiger charge is -2.05. The normalized spacial score (nSPS) is 11.2. The van der Waals surface area contributed by atoms with Crippen molar-refractivity contribution in [3.05, 3.63) is 28.8 Å². The van der Waals surface area contributed by atoms with Crippen molar-refractivity contribution in [1.82, 2.24) is 15.5 Å². The van der Waals surface area contributed by atoms with Gasteiger partial charge in [0.2, 0.25) is 0 Å². The summed E-state index contributed by atoms with van der Waals surface area (Å²) in [5.41, 5.74) is 1.82. The monoisotopic (exact) mass is 291 g/mol. The molecule has 0 saturated carbocycles. The number of hydrogen-bond acceptors (Lipinski definition) is 5. The Labute approximate surface area is 123 Å². The van der Waals surface area contributed by atoms with Crippen LogP contribution in [0.15, 0.2) is 18.2 Å². The molecule has 5 heteroatoms. The molecule has 0 unspecified atom stereocenters. The van der Waals surface area contributed by atoms with E-state index >= 15 is 0 Å². The van der Waals surface area contributed by atoms with Crippen molar-refractivity contribution in [3.63, 3.8) is 0 Å². The average molecular weight is 291 g/mol. The number of hydrogen-bond donors (Lipinski definition) is 2. The molecule has 0 spiro atoms. The summed E-state index contributed by atoms with van der Waals surface area (Å²) in [4.78, 5) is 0. The van der Waals surface area contributed by atoms with Crippen molar-refractivity contribution in [2.45, 2.75) is 27.2 Å². The number of rotatable bonds is 6. The second kappa shape index (κ2) is 6.81. The van der Waals surface area contributed by atoms with E-state index in [0.717, 1.165) is 40.7 Å². The first-order valence-corrected chi connectivity index (χ1v) is 7.71. The Morgan fingerprint density at radius 1 is 1.30 bits per heavy atom. The van der Waals surface area contributed by atoms with Gasteiger partial charge in [0.25, 0.3) is 0 Å². The first kappa shape index (κ1) is 14.9. The lowest BCUT2D eigenvalue weighted by atomic mass is 10.1. The van der Waals surface area contributed by atoms with Gasteiger partial charge in [-0.05, 0) is 25.5 Å². The Morgan fingerprint density at radius 2 is 2.10 bits per heavy atom. The quantitative estimate of drug-likeness (QED) is 0.803. The van der Waals surface area contributed by atoms with Gasteiger partial charge in [0.05, 0.1) is 0 Å². The van der Waals surface area contributed by atoms with Crippen LogP contribution >= 0.6 is 11.3 Å². The fourth-order valence-electron chi connectivity index (χ4n) is 1.90. The van der Waals surface area contributed by atoms with Gasteiger partial charge in [-0.25, -0.2) is 0 Å². The molecule has 0 atom stereocenters. The smallest absolute Gasteiger partial charge is 0.148 e. The zero-order valence-electron chi connectivity index (χ0n) is 12.2. The molecular formula is C15H21N3OS. The van der Waals surface area contributed by atoms with Gasteiger partial charge in [-0.2, -0.15) is 0 Å². The van der Waals surface area contributed by atoms with E-state index in [0.29, 0.717) is 11.7 Å². The summed E-state index contributed by atoms with van der Waals surface area (Å²) in [6.45, 7) is 8.24. The second-order valence-corrected chi connectivity index (χ2v) is 6.36. The molecule has 2 aromatic rings. The molecule has 2 N–H and O–H groups in total. The standard InChI is InChI=1S/C15H21N3OS/c1-10(2)9-16-8-7-14-17-18-15(20-14)12-5-4-6-13(19)11(12)3/h4-6,10,16,19H,7-9H2,1-3H3. The van der Waals surface area contributed by atoms with Crippen molar-refractivity contribution < 1.29 is 5.11 Å². The Bertz CT molecular complexity index is 566. The van der Waals surface area contributed by atoms with Gasteiger partial charge in [0, 0.05) is 24.1 Å². The Morgan fingerprint density at radius 3 is 2.85 bits per heavy atom. The van der Waals surface area contributed by atoms with Crippen molar-refractivity contribution in [1.29, 1.82) is 0 Å². The molecule has 0 fully saturated rings. The van der Waals surface area contributed by atoms with Crippen molar-refractivity contribution >= 4 is 11.3 Å². The van der Waals surface area contributed by atoms with Gasteiger partial charge in [-0.3, -0.25) is 0 Å². The molecule has 0 aliphatic rings. The van der Waals surface area contributed by atoms with Crippen LogP contribution in [0.25, 0.3) is 10.6 Å². The van der Waals surface area contributed by atoms with Crippen LogP contribution in [0.2, 0.25) is 0 Å². The van der Waals surface area contributed by atoms with Crippen LogP contribution < -0.4 is 5.32 Å². The fourth-order valence-corrected chi connectivity index (χ4v) is 2.83. The second-order valence-electron chi connectivity index (χ2n) is 5.30. The predicted octanol–water partition coefficient (Wildman–Crippen LogP) is 3.01. The molecule has 1 aromatic carbocycles. The minimum atomic E-state index is 0.304. The summed E-state index contributed by atoms with van der Waals surface area (Å²) in [5, 5.41) is 23.5. The molecule has 0 amide bonds. The molecule has 0 aliphatic heterocycles. The molecule has 1 heterocycles. The Kier molecular flexibility index (Phi) is 5.09. The first-order valence-electron chi connectivity index (χ1n) is 6.90. The third-order valence-electron chi connectivity index (χ3n) is 3.07. The molecule has 1 aromatic heterocycles. The van der Waals surface area contributed by atoms with Crippen LogP contribution in [0.5, 0.6) is 5.75 Å². The zero-order valence-corrected chi connectivity index (χ0v) is 13.0. The lowest BCUT2D eigenvalue weighted by Crippen LogP contribution is -2.22. The van der Waals surface area contributed by atoms with E-state index < -0.39 is 0 Å². The number of benzene rings is 1. The van der Waals surface area contributed by atoms with Crippen LogP contribution in [0.4, 0.5) is 0 Å². The maximum absolute atomic E-state index is 9.74. The summed E-state index contributed by atoms with van der Waals surface area (Å²) in [7, 11) is 0. The highest BCUT2D eigenvalue weighted by atomic mass is 32.1. The third kappa shape index (κ3) is 3.77. The summed E-state index contributed by atoms with van der Waals surface area (Å²) in [6, 6.07) is 5.50. The third-order valence-corrected chi connectivity index (χ3v) is 4.09. The number of phenolic OH excluding ortho intramolecular Hbond substituents is 1. The topological polar surface area (TPSA) is 58.0 Å². The SMILES string of the molecule is Cc1c(O)cccc1-c1nnc(CCNCC(C)C)s1. The highest BCUT2D eigenvalue weighted by Crippen LogP contribution is 2.31. The van der Waals surface area contributed by atoms with Gasteiger partial charge >= 0.3 is 0 Å². The molecular weight excluding hydrogens is 270 g/mol. The van der Waals surface area contributed by atoms with Crippen LogP contribution in [-0.2, 0) is 6.42 Å². The molecule has 2 rings (SSSR count). The molecule has 20 heavy (non-hydrogen) atoms. The van der Waals surface area contributed by atoms with E-state index in [1.54, 1.807) is 17.4 Å². The van der Waals surface area contributed by atoms with Crippen LogP contribution in [0, 0.1) is 12.8 Å².